The summed E-state index contributed by atoms with van der Waals surface area (Å²) in [4.78, 5) is 9.70. The molecule has 0 saturated heterocycles. The Morgan fingerprint density at radius 1 is 2.00 bits per heavy atom. The van der Waals surface area contributed by atoms with E-state index in [-0.39, 0.29) is 6.61 Å². The highest BCUT2D eigenvalue weighted by atomic mass is 16.5. The number of Topliss-reactive ketones (excluding diaryl/α,β-unsaturated/α-hetero) is 1. The Kier molecular flexibility index (Phi) is 2.67. The van der Waals surface area contributed by atoms with E-state index < -0.39 is 5.78 Å². The van der Waals surface area contributed by atoms with Crippen molar-refractivity contribution in [1.82, 2.24) is 0 Å². The van der Waals surface area contributed by atoms with Crippen molar-refractivity contribution >= 4 is 5.78 Å². The van der Waals surface area contributed by atoms with E-state index in [4.69, 9.17) is 0 Å². The molecule has 2 nitrogen and oxygen atoms in total. The summed E-state index contributed by atoms with van der Waals surface area (Å²) < 4.78 is 4.33. The lowest BCUT2D eigenvalue weighted by Crippen LogP contribution is -1.99. The second kappa shape index (κ2) is 2.85. The third-order valence-electron chi connectivity index (χ3n) is 0.287. The smallest absolute Gasteiger partial charge is 0.163 e. The van der Waals surface area contributed by atoms with Crippen LogP contribution in [-0.2, 0) is 9.53 Å². The quantitative estimate of drug-likeness (QED) is 0.469. The van der Waals surface area contributed by atoms with Crippen LogP contribution in [0, 0.1) is 6.92 Å². The number of carbonyl (C=O) groups is 1. The highest BCUT2D eigenvalue weighted by Crippen LogP contribution is 1.65. The number of ketones is 1. The molecule has 0 aromatic carbocycles. The van der Waals surface area contributed by atoms with Gasteiger partial charge in [-0.25, -0.2) is 0 Å². The lowest BCUT2D eigenvalue weighted by molar-refractivity contribution is -0.118. The third-order valence-corrected chi connectivity index (χ3v) is 0.287. The van der Waals surface area contributed by atoms with Gasteiger partial charge in [-0.2, -0.15) is 0 Å². The summed E-state index contributed by atoms with van der Waals surface area (Å²) in [5, 5.41) is 0. The lowest BCUT2D eigenvalue weighted by Gasteiger charge is -1.84. The van der Waals surface area contributed by atoms with Crippen molar-refractivity contribution < 1.29 is 9.53 Å². The lowest BCUT2D eigenvalue weighted by atomic mass is 10.5. The molecule has 0 spiro atoms. The Hall–Kier alpha value is -0.370. The summed E-state index contributed by atoms with van der Waals surface area (Å²) in [7, 11) is 1.42. The number of carbonyl (C=O) groups excluding carboxylic acids is 1. The molecular weight excluding hydrogens is 80.0 g/mol. The Bertz CT molecular complexity index is 49.5. The van der Waals surface area contributed by atoms with Gasteiger partial charge in [-0.3, -0.25) is 4.79 Å². The van der Waals surface area contributed by atoms with E-state index in [1.54, 1.807) is 0 Å². The number of methoxy groups -OCH3 is 1. The number of ether oxygens (including phenoxy) is 1. The van der Waals surface area contributed by atoms with E-state index >= 15 is 0 Å². The van der Waals surface area contributed by atoms with Crippen LogP contribution < -0.4 is 0 Å². The molecule has 0 heterocycles. The van der Waals surface area contributed by atoms with Crippen molar-refractivity contribution in [2.75, 3.05) is 13.7 Å². The van der Waals surface area contributed by atoms with E-state index in [0.29, 0.717) is 0 Å². The fourth-order valence-corrected chi connectivity index (χ4v) is 0.142. The van der Waals surface area contributed by atoms with Gasteiger partial charge in [0.1, 0.15) is 6.61 Å². The van der Waals surface area contributed by atoms with Gasteiger partial charge in [0.05, 0.1) is 0 Å². The molecule has 0 saturated carbocycles. The number of hydrogen-bond donors (Lipinski definition) is 0. The van der Waals surface area contributed by atoms with E-state index in [2.05, 4.69) is 11.7 Å². The monoisotopic (exact) mass is 86.0 g/mol. The molecule has 6 heavy (non-hydrogen) atoms. The maximum absolute atomic E-state index is 9.70. The van der Waals surface area contributed by atoms with Crippen molar-refractivity contribution in [2.24, 2.45) is 0 Å². The van der Waals surface area contributed by atoms with Crippen LogP contribution in [0.15, 0.2) is 0 Å². The van der Waals surface area contributed by atoms with Gasteiger partial charge in [0.25, 0.3) is 0 Å². The summed E-state index contributed by atoms with van der Waals surface area (Å²) >= 11 is 0. The molecule has 34 valence electrons. The zero-order chi connectivity index (χ0) is 4.99. The SMILES string of the molecule is [CH]C(=O)COC. The van der Waals surface area contributed by atoms with Crippen LogP contribution >= 0.6 is 0 Å². The van der Waals surface area contributed by atoms with E-state index in [1.807, 2.05) is 0 Å². The predicted octanol–water partition coefficient (Wildman–Crippen LogP) is -0.0870. The Labute approximate surface area is 37.1 Å². The summed E-state index contributed by atoms with van der Waals surface area (Å²) in [5.41, 5.74) is 0. The molecule has 0 aliphatic carbocycles. The summed E-state index contributed by atoms with van der Waals surface area (Å²) in [6, 6.07) is 0. The molecule has 0 aromatic heterocycles. The minimum atomic E-state index is -0.433. The van der Waals surface area contributed by atoms with Gasteiger partial charge >= 0.3 is 0 Å². The topological polar surface area (TPSA) is 26.3 Å². The fourth-order valence-electron chi connectivity index (χ4n) is 0.142. The van der Waals surface area contributed by atoms with Crippen molar-refractivity contribution in [3.05, 3.63) is 6.92 Å². The van der Waals surface area contributed by atoms with Crippen LogP contribution in [0.4, 0.5) is 0 Å². The molecular formula is C4H6O2. The van der Waals surface area contributed by atoms with E-state index in [1.165, 1.54) is 7.11 Å². The van der Waals surface area contributed by atoms with Crippen molar-refractivity contribution in [1.29, 1.82) is 0 Å². The minimum absolute atomic E-state index is 0.0139. The van der Waals surface area contributed by atoms with Crippen molar-refractivity contribution in [3.8, 4) is 0 Å². The van der Waals surface area contributed by atoms with Crippen LogP contribution in [0.1, 0.15) is 0 Å². The van der Waals surface area contributed by atoms with Crippen molar-refractivity contribution in [2.45, 2.75) is 0 Å². The minimum Gasteiger partial charge on any atom is -0.377 e. The molecule has 0 fully saturated rings. The average molecular weight is 86.1 g/mol. The Morgan fingerprint density at radius 2 is 2.50 bits per heavy atom. The van der Waals surface area contributed by atoms with Gasteiger partial charge in [0, 0.05) is 14.0 Å². The molecule has 0 bridgehead atoms. The fraction of sp³-hybridized carbons (Fsp3) is 0.500. The van der Waals surface area contributed by atoms with E-state index in [0.717, 1.165) is 0 Å². The first-order valence-electron chi connectivity index (χ1n) is 1.54. The zero-order valence-corrected chi connectivity index (χ0v) is 3.60. The molecule has 2 heteroatoms. The zero-order valence-electron chi connectivity index (χ0n) is 3.60. The molecule has 0 amide bonds. The van der Waals surface area contributed by atoms with Crippen LogP contribution in [0.5, 0.6) is 0 Å². The van der Waals surface area contributed by atoms with Crippen LogP contribution in [0.3, 0.4) is 0 Å². The normalized spacial score (nSPS) is 8.33. The molecule has 0 aliphatic rings. The molecule has 2 radical (unpaired) electrons. The molecule has 0 atom stereocenters. The number of rotatable bonds is 2. The number of hydrogen-bond acceptors (Lipinski definition) is 2. The first-order chi connectivity index (χ1) is 2.77. The second-order valence-corrected chi connectivity index (χ2v) is 0.899. The molecule has 0 N–H and O–H groups in total. The van der Waals surface area contributed by atoms with Gasteiger partial charge in [-0.1, -0.05) is 0 Å². The van der Waals surface area contributed by atoms with E-state index in [9.17, 15) is 4.79 Å². The van der Waals surface area contributed by atoms with Crippen LogP contribution in [0.2, 0.25) is 0 Å². The highest BCUT2D eigenvalue weighted by molar-refractivity contribution is 5.83. The molecule has 0 rings (SSSR count). The summed E-state index contributed by atoms with van der Waals surface area (Å²) in [5.74, 6) is -0.433. The Balaban J connectivity index is 2.83. The van der Waals surface area contributed by atoms with Gasteiger partial charge in [-0.05, 0) is 0 Å². The predicted molar refractivity (Wildman–Crippen MR) is 21.2 cm³/mol. The molecule has 0 aromatic rings. The summed E-state index contributed by atoms with van der Waals surface area (Å²) in [6.45, 7) is 4.65. The van der Waals surface area contributed by atoms with Gasteiger partial charge in [0.15, 0.2) is 5.78 Å². The maximum atomic E-state index is 9.70. The Morgan fingerprint density at radius 3 is 2.50 bits per heavy atom. The standard InChI is InChI=1S/C4H6O2/c1-4(5)3-6-2/h1H,3H2,2H3. The first kappa shape index (κ1) is 5.63. The average Bonchev–Trinajstić information content (AvgIpc) is 1.35. The summed E-state index contributed by atoms with van der Waals surface area (Å²) in [6.07, 6.45) is 0. The highest BCUT2D eigenvalue weighted by Gasteiger charge is 1.84. The first-order valence-corrected chi connectivity index (χ1v) is 1.54. The molecule has 0 unspecified atom stereocenters. The van der Waals surface area contributed by atoms with Gasteiger partial charge < -0.3 is 4.74 Å². The maximum Gasteiger partial charge on any atom is 0.163 e. The molecule has 0 aliphatic heterocycles. The second-order valence-electron chi connectivity index (χ2n) is 0.899. The largest absolute Gasteiger partial charge is 0.377 e. The van der Waals surface area contributed by atoms with Gasteiger partial charge in [0.2, 0.25) is 0 Å². The van der Waals surface area contributed by atoms with Gasteiger partial charge in [-0.15, -0.1) is 0 Å². The third kappa shape index (κ3) is 3.63. The van der Waals surface area contributed by atoms with Crippen molar-refractivity contribution in [3.63, 3.8) is 0 Å². The van der Waals surface area contributed by atoms with Crippen LogP contribution in [-0.4, -0.2) is 19.5 Å². The van der Waals surface area contributed by atoms with Crippen LogP contribution in [0.25, 0.3) is 0 Å².